The fraction of sp³-hybridized carbons (Fsp3) is 0.500. The van der Waals surface area contributed by atoms with Crippen LogP contribution in [0.1, 0.15) is 29.3 Å². The third kappa shape index (κ3) is 3.55. The second kappa shape index (κ2) is 6.50. The van der Waals surface area contributed by atoms with Gasteiger partial charge in [0.1, 0.15) is 0 Å². The van der Waals surface area contributed by atoms with Crippen LogP contribution in [-0.4, -0.2) is 31.8 Å². The second-order valence-corrected chi connectivity index (χ2v) is 5.50. The van der Waals surface area contributed by atoms with Crippen LogP contribution in [0.5, 0.6) is 0 Å². The molecule has 0 saturated carbocycles. The van der Waals surface area contributed by atoms with Gasteiger partial charge in [0.05, 0.1) is 18.8 Å². The summed E-state index contributed by atoms with van der Waals surface area (Å²) >= 11 is 3.49. The molecule has 1 aromatic rings. The number of hydrogen-bond donors (Lipinski definition) is 1. The van der Waals surface area contributed by atoms with Gasteiger partial charge in [0.2, 0.25) is 0 Å². The van der Waals surface area contributed by atoms with Crippen LogP contribution in [0, 0.1) is 0 Å². The Hall–Kier alpha value is -0.910. The van der Waals surface area contributed by atoms with Crippen molar-refractivity contribution in [2.45, 2.75) is 32.0 Å². The number of nitrogens with one attached hydrogen (secondary N) is 1. The maximum Gasteiger partial charge on any atom is 0.337 e. The van der Waals surface area contributed by atoms with E-state index >= 15 is 0 Å². The molecule has 1 N–H and O–H groups in total. The van der Waals surface area contributed by atoms with Gasteiger partial charge in [-0.1, -0.05) is 22.0 Å². The van der Waals surface area contributed by atoms with Crippen LogP contribution in [-0.2, 0) is 16.0 Å². The molecule has 1 aromatic carbocycles. The van der Waals surface area contributed by atoms with Crippen molar-refractivity contribution in [2.75, 3.05) is 13.7 Å². The third-order valence-electron chi connectivity index (χ3n) is 3.41. The molecule has 0 aromatic heterocycles. The van der Waals surface area contributed by atoms with E-state index in [1.165, 1.54) is 7.11 Å². The van der Waals surface area contributed by atoms with Crippen molar-refractivity contribution in [1.29, 1.82) is 0 Å². The molecule has 1 aliphatic heterocycles. The number of ether oxygens (including phenoxy) is 2. The fourth-order valence-electron chi connectivity index (χ4n) is 2.18. The molecule has 4 nitrogen and oxygen atoms in total. The second-order valence-electron chi connectivity index (χ2n) is 4.65. The van der Waals surface area contributed by atoms with E-state index in [4.69, 9.17) is 9.47 Å². The van der Waals surface area contributed by atoms with Crippen molar-refractivity contribution in [1.82, 2.24) is 5.32 Å². The van der Waals surface area contributed by atoms with E-state index < -0.39 is 0 Å². The molecule has 0 amide bonds. The number of hydrogen-bond acceptors (Lipinski definition) is 4. The van der Waals surface area contributed by atoms with Crippen LogP contribution in [0.15, 0.2) is 22.7 Å². The lowest BCUT2D eigenvalue weighted by atomic mass is 10.1. The summed E-state index contributed by atoms with van der Waals surface area (Å²) in [5, 5.41) is 3.48. The molecule has 1 heterocycles. The van der Waals surface area contributed by atoms with E-state index in [-0.39, 0.29) is 12.1 Å². The molecule has 2 atom stereocenters. The Labute approximate surface area is 121 Å². The Morgan fingerprint density at radius 3 is 2.95 bits per heavy atom. The minimum atomic E-state index is -0.321. The maximum atomic E-state index is 11.4. The van der Waals surface area contributed by atoms with Gasteiger partial charge < -0.3 is 14.8 Å². The van der Waals surface area contributed by atoms with Gasteiger partial charge in [-0.05, 0) is 31.0 Å². The largest absolute Gasteiger partial charge is 0.465 e. The first-order valence-electron chi connectivity index (χ1n) is 6.33. The van der Waals surface area contributed by atoms with Crippen LogP contribution in [0.4, 0.5) is 0 Å². The number of methoxy groups -OCH3 is 1. The Kier molecular flexibility index (Phi) is 4.96. The van der Waals surface area contributed by atoms with Gasteiger partial charge in [0.15, 0.2) is 0 Å². The summed E-state index contributed by atoms with van der Waals surface area (Å²) < 4.78 is 11.1. The van der Waals surface area contributed by atoms with E-state index in [2.05, 4.69) is 28.2 Å². The number of carbonyl (C=O) groups excluding carboxylic acids is 1. The lowest BCUT2D eigenvalue weighted by Crippen LogP contribution is -2.34. The van der Waals surface area contributed by atoms with Crippen LogP contribution in [0.25, 0.3) is 0 Å². The summed E-state index contributed by atoms with van der Waals surface area (Å²) in [5.74, 6) is -0.321. The Morgan fingerprint density at radius 2 is 2.37 bits per heavy atom. The molecule has 2 unspecified atom stereocenters. The monoisotopic (exact) mass is 327 g/mol. The Morgan fingerprint density at radius 1 is 1.58 bits per heavy atom. The van der Waals surface area contributed by atoms with Gasteiger partial charge in [-0.25, -0.2) is 4.79 Å². The SMILES string of the molecule is COC(=O)c1ccc(CNC2CCOC2C)c(Br)c1. The minimum Gasteiger partial charge on any atom is -0.465 e. The van der Waals surface area contributed by atoms with Crippen LogP contribution < -0.4 is 5.32 Å². The Balaban J connectivity index is 1.99. The van der Waals surface area contributed by atoms with Gasteiger partial charge >= 0.3 is 5.97 Å². The smallest absolute Gasteiger partial charge is 0.337 e. The first-order chi connectivity index (χ1) is 9.11. The predicted molar refractivity (Wildman–Crippen MR) is 76.1 cm³/mol. The first kappa shape index (κ1) is 14.5. The normalized spacial score (nSPS) is 22.5. The number of esters is 1. The molecule has 0 aliphatic carbocycles. The van der Waals surface area contributed by atoms with Crippen molar-refractivity contribution in [2.24, 2.45) is 0 Å². The number of benzene rings is 1. The summed E-state index contributed by atoms with van der Waals surface area (Å²) in [6.07, 6.45) is 1.30. The maximum absolute atomic E-state index is 11.4. The van der Waals surface area contributed by atoms with E-state index in [9.17, 15) is 4.79 Å². The highest BCUT2D eigenvalue weighted by atomic mass is 79.9. The average molecular weight is 328 g/mol. The summed E-state index contributed by atoms with van der Waals surface area (Å²) in [5.41, 5.74) is 1.67. The van der Waals surface area contributed by atoms with Gasteiger partial charge in [0.25, 0.3) is 0 Å². The third-order valence-corrected chi connectivity index (χ3v) is 4.14. The highest BCUT2D eigenvalue weighted by Gasteiger charge is 2.23. The zero-order chi connectivity index (χ0) is 13.8. The minimum absolute atomic E-state index is 0.258. The standard InChI is InChI=1S/C14H18BrNO3/c1-9-13(5-6-19-9)16-8-11-4-3-10(7-12(11)15)14(17)18-2/h3-4,7,9,13,16H,5-6,8H2,1-2H3. The quantitative estimate of drug-likeness (QED) is 0.863. The molecule has 1 fully saturated rings. The van der Waals surface area contributed by atoms with Crippen molar-refractivity contribution in [3.05, 3.63) is 33.8 Å². The number of halogens is 1. The molecular formula is C14H18BrNO3. The zero-order valence-electron chi connectivity index (χ0n) is 11.1. The topological polar surface area (TPSA) is 47.6 Å². The van der Waals surface area contributed by atoms with Crippen LogP contribution >= 0.6 is 15.9 Å². The molecule has 0 spiro atoms. The molecule has 19 heavy (non-hydrogen) atoms. The summed E-state index contributed by atoms with van der Waals surface area (Å²) in [7, 11) is 1.38. The van der Waals surface area contributed by atoms with Crippen molar-refractivity contribution in [3.63, 3.8) is 0 Å². The van der Waals surface area contributed by atoms with E-state index in [0.717, 1.165) is 29.6 Å². The van der Waals surface area contributed by atoms with Crippen molar-refractivity contribution < 1.29 is 14.3 Å². The lowest BCUT2D eigenvalue weighted by Gasteiger charge is -2.16. The molecule has 2 rings (SSSR count). The van der Waals surface area contributed by atoms with Gasteiger partial charge in [0, 0.05) is 23.7 Å². The Bertz CT molecular complexity index is 464. The highest BCUT2D eigenvalue weighted by Crippen LogP contribution is 2.20. The van der Waals surface area contributed by atoms with Gasteiger partial charge in [-0.2, -0.15) is 0 Å². The number of rotatable bonds is 4. The molecule has 1 saturated heterocycles. The highest BCUT2D eigenvalue weighted by molar-refractivity contribution is 9.10. The van der Waals surface area contributed by atoms with E-state index in [1.807, 2.05) is 6.07 Å². The fourth-order valence-corrected chi connectivity index (χ4v) is 2.70. The van der Waals surface area contributed by atoms with Gasteiger partial charge in [-0.15, -0.1) is 0 Å². The van der Waals surface area contributed by atoms with Gasteiger partial charge in [-0.3, -0.25) is 0 Å². The predicted octanol–water partition coefficient (Wildman–Crippen LogP) is 2.50. The van der Waals surface area contributed by atoms with Crippen molar-refractivity contribution >= 4 is 21.9 Å². The van der Waals surface area contributed by atoms with E-state index in [1.54, 1.807) is 12.1 Å². The van der Waals surface area contributed by atoms with Crippen molar-refractivity contribution in [3.8, 4) is 0 Å². The average Bonchev–Trinajstić information content (AvgIpc) is 2.82. The molecular weight excluding hydrogens is 310 g/mol. The van der Waals surface area contributed by atoms with E-state index in [0.29, 0.717) is 11.6 Å². The molecule has 5 heteroatoms. The first-order valence-corrected chi connectivity index (χ1v) is 7.13. The molecule has 0 radical (unpaired) electrons. The summed E-state index contributed by atoms with van der Waals surface area (Å²) in [4.78, 5) is 11.4. The van der Waals surface area contributed by atoms with Crippen LogP contribution in [0.2, 0.25) is 0 Å². The zero-order valence-corrected chi connectivity index (χ0v) is 12.7. The lowest BCUT2D eigenvalue weighted by molar-refractivity contribution is 0.0600. The molecule has 1 aliphatic rings. The summed E-state index contributed by atoms with van der Waals surface area (Å²) in [6, 6.07) is 5.90. The van der Waals surface area contributed by atoms with Crippen LogP contribution in [0.3, 0.4) is 0 Å². The molecule has 0 bridgehead atoms. The number of carbonyl (C=O) groups is 1. The summed E-state index contributed by atoms with van der Waals surface area (Å²) in [6.45, 7) is 3.65. The molecule has 104 valence electrons.